The molecule has 0 aliphatic rings. The first-order valence-corrected chi connectivity index (χ1v) is 7.11. The van der Waals surface area contributed by atoms with Crippen molar-refractivity contribution in [1.29, 1.82) is 0 Å². The SMILES string of the molecule is C/C(=C\CC(C)(C)CC(C)CCO)CC(C)(C)N. The molecule has 0 bridgehead atoms. The molecule has 0 fully saturated rings. The summed E-state index contributed by atoms with van der Waals surface area (Å²) in [6.07, 6.45) is 6.44. The fourth-order valence-corrected chi connectivity index (χ4v) is 2.59. The lowest BCUT2D eigenvalue weighted by Gasteiger charge is -2.27. The van der Waals surface area contributed by atoms with Crippen molar-refractivity contribution < 1.29 is 5.11 Å². The van der Waals surface area contributed by atoms with Crippen LogP contribution in [0.5, 0.6) is 0 Å². The van der Waals surface area contributed by atoms with Gasteiger partial charge in [0, 0.05) is 12.1 Å². The van der Waals surface area contributed by atoms with Gasteiger partial charge in [0.1, 0.15) is 0 Å². The number of nitrogens with two attached hydrogens (primary N) is 1. The molecule has 0 aromatic carbocycles. The molecule has 0 heterocycles. The summed E-state index contributed by atoms with van der Waals surface area (Å²) >= 11 is 0. The second-order valence-electron chi connectivity index (χ2n) is 7.41. The number of allylic oxidation sites excluding steroid dienone is 1. The van der Waals surface area contributed by atoms with Crippen molar-refractivity contribution in [3.8, 4) is 0 Å². The minimum Gasteiger partial charge on any atom is -0.396 e. The summed E-state index contributed by atoms with van der Waals surface area (Å²) in [7, 11) is 0. The monoisotopic (exact) mass is 255 g/mol. The van der Waals surface area contributed by atoms with Crippen LogP contribution in [0.25, 0.3) is 0 Å². The van der Waals surface area contributed by atoms with Crippen LogP contribution in [-0.2, 0) is 0 Å². The van der Waals surface area contributed by atoms with E-state index in [4.69, 9.17) is 10.8 Å². The maximum absolute atomic E-state index is 8.95. The molecule has 108 valence electrons. The van der Waals surface area contributed by atoms with E-state index in [0.717, 1.165) is 25.7 Å². The average molecular weight is 255 g/mol. The molecule has 0 saturated carbocycles. The fourth-order valence-electron chi connectivity index (χ4n) is 2.59. The van der Waals surface area contributed by atoms with Gasteiger partial charge >= 0.3 is 0 Å². The highest BCUT2D eigenvalue weighted by atomic mass is 16.3. The Hall–Kier alpha value is -0.340. The van der Waals surface area contributed by atoms with Gasteiger partial charge in [-0.3, -0.25) is 0 Å². The molecule has 0 aliphatic heterocycles. The zero-order chi connectivity index (χ0) is 14.4. The van der Waals surface area contributed by atoms with E-state index >= 15 is 0 Å². The third-order valence-corrected chi connectivity index (χ3v) is 3.26. The van der Waals surface area contributed by atoms with Crippen molar-refractivity contribution in [3.63, 3.8) is 0 Å². The van der Waals surface area contributed by atoms with Gasteiger partial charge in [0.25, 0.3) is 0 Å². The Morgan fingerprint density at radius 1 is 1.28 bits per heavy atom. The maximum atomic E-state index is 8.95. The van der Waals surface area contributed by atoms with Gasteiger partial charge in [-0.05, 0) is 57.8 Å². The molecule has 0 spiro atoms. The number of hydrogen-bond acceptors (Lipinski definition) is 2. The predicted molar refractivity (Wildman–Crippen MR) is 80.5 cm³/mol. The topological polar surface area (TPSA) is 46.2 Å². The molecular formula is C16H33NO. The zero-order valence-electron chi connectivity index (χ0n) is 13.2. The van der Waals surface area contributed by atoms with Crippen LogP contribution in [0.4, 0.5) is 0 Å². The van der Waals surface area contributed by atoms with Gasteiger partial charge in [0.2, 0.25) is 0 Å². The van der Waals surface area contributed by atoms with Gasteiger partial charge in [0.15, 0.2) is 0 Å². The molecule has 0 aromatic rings. The fraction of sp³-hybridized carbons (Fsp3) is 0.875. The van der Waals surface area contributed by atoms with Crippen molar-refractivity contribution in [2.75, 3.05) is 6.61 Å². The number of aliphatic hydroxyl groups is 1. The van der Waals surface area contributed by atoms with E-state index in [2.05, 4.69) is 47.6 Å². The lowest BCUT2D eigenvalue weighted by molar-refractivity contribution is 0.217. The van der Waals surface area contributed by atoms with E-state index in [-0.39, 0.29) is 5.54 Å². The van der Waals surface area contributed by atoms with Crippen LogP contribution in [0.2, 0.25) is 0 Å². The van der Waals surface area contributed by atoms with E-state index in [1.54, 1.807) is 0 Å². The smallest absolute Gasteiger partial charge is 0.0433 e. The van der Waals surface area contributed by atoms with Gasteiger partial charge in [-0.2, -0.15) is 0 Å². The van der Waals surface area contributed by atoms with E-state index in [1.807, 2.05) is 0 Å². The molecule has 0 amide bonds. The van der Waals surface area contributed by atoms with Gasteiger partial charge in [0.05, 0.1) is 0 Å². The van der Waals surface area contributed by atoms with E-state index < -0.39 is 0 Å². The van der Waals surface area contributed by atoms with Crippen LogP contribution in [-0.4, -0.2) is 17.3 Å². The highest BCUT2D eigenvalue weighted by Crippen LogP contribution is 2.31. The van der Waals surface area contributed by atoms with E-state index in [9.17, 15) is 0 Å². The average Bonchev–Trinajstić information content (AvgIpc) is 2.11. The molecule has 2 nitrogen and oxygen atoms in total. The Labute approximate surface area is 114 Å². The minimum atomic E-state index is -0.116. The molecule has 3 N–H and O–H groups in total. The normalized spacial score (nSPS) is 15.9. The Bertz CT molecular complexity index is 261. The second-order valence-corrected chi connectivity index (χ2v) is 7.41. The van der Waals surface area contributed by atoms with Crippen molar-refractivity contribution in [2.45, 2.75) is 72.8 Å². The molecule has 0 saturated heterocycles. The molecule has 0 rings (SSSR count). The number of aliphatic hydroxyl groups excluding tert-OH is 1. The van der Waals surface area contributed by atoms with E-state index in [1.165, 1.54) is 5.57 Å². The minimum absolute atomic E-state index is 0.116. The standard InChI is InChI=1S/C16H33NO/c1-13(12-16(5,6)17)7-9-15(3,4)11-14(2)8-10-18/h7,14,18H,8-12,17H2,1-6H3/b13-7+. The van der Waals surface area contributed by atoms with Crippen molar-refractivity contribution in [1.82, 2.24) is 0 Å². The molecular weight excluding hydrogens is 222 g/mol. The van der Waals surface area contributed by atoms with Crippen LogP contribution in [0.15, 0.2) is 11.6 Å². The maximum Gasteiger partial charge on any atom is 0.0433 e. The van der Waals surface area contributed by atoms with Gasteiger partial charge in [-0.25, -0.2) is 0 Å². The molecule has 0 aromatic heterocycles. The molecule has 1 unspecified atom stereocenters. The first-order chi connectivity index (χ1) is 8.06. The first kappa shape index (κ1) is 17.7. The Balaban J connectivity index is 4.28. The summed E-state index contributed by atoms with van der Waals surface area (Å²) in [5, 5.41) is 8.95. The summed E-state index contributed by atoms with van der Waals surface area (Å²) in [5.41, 5.74) is 7.59. The third-order valence-electron chi connectivity index (χ3n) is 3.26. The Morgan fingerprint density at radius 2 is 1.83 bits per heavy atom. The van der Waals surface area contributed by atoms with Gasteiger partial charge in [-0.15, -0.1) is 0 Å². The van der Waals surface area contributed by atoms with Gasteiger partial charge < -0.3 is 10.8 Å². The first-order valence-electron chi connectivity index (χ1n) is 7.11. The largest absolute Gasteiger partial charge is 0.396 e. The Morgan fingerprint density at radius 3 is 2.28 bits per heavy atom. The van der Waals surface area contributed by atoms with Crippen molar-refractivity contribution in [3.05, 3.63) is 11.6 Å². The number of hydrogen-bond donors (Lipinski definition) is 2. The van der Waals surface area contributed by atoms with E-state index in [0.29, 0.717) is 17.9 Å². The molecule has 0 aliphatic carbocycles. The third kappa shape index (κ3) is 9.67. The highest BCUT2D eigenvalue weighted by molar-refractivity contribution is 5.04. The van der Waals surface area contributed by atoms with Crippen molar-refractivity contribution >= 4 is 0 Å². The number of rotatable bonds is 8. The molecule has 2 heteroatoms. The quantitative estimate of drug-likeness (QED) is 0.646. The lowest BCUT2D eigenvalue weighted by Crippen LogP contribution is -2.31. The second kappa shape index (κ2) is 7.30. The summed E-state index contributed by atoms with van der Waals surface area (Å²) in [4.78, 5) is 0. The van der Waals surface area contributed by atoms with Gasteiger partial charge in [-0.1, -0.05) is 32.4 Å². The lowest BCUT2D eigenvalue weighted by atomic mass is 9.79. The van der Waals surface area contributed by atoms with Crippen LogP contribution in [0, 0.1) is 11.3 Å². The summed E-state index contributed by atoms with van der Waals surface area (Å²) in [5.74, 6) is 0.588. The summed E-state index contributed by atoms with van der Waals surface area (Å²) in [6.45, 7) is 13.4. The highest BCUT2D eigenvalue weighted by Gasteiger charge is 2.20. The van der Waals surface area contributed by atoms with Crippen LogP contribution in [0.1, 0.15) is 67.2 Å². The van der Waals surface area contributed by atoms with Crippen LogP contribution >= 0.6 is 0 Å². The molecule has 18 heavy (non-hydrogen) atoms. The van der Waals surface area contributed by atoms with Crippen LogP contribution in [0.3, 0.4) is 0 Å². The zero-order valence-corrected chi connectivity index (χ0v) is 13.2. The predicted octanol–water partition coefficient (Wildman–Crippen LogP) is 3.89. The summed E-state index contributed by atoms with van der Waals surface area (Å²) < 4.78 is 0. The van der Waals surface area contributed by atoms with Crippen LogP contribution < -0.4 is 5.73 Å². The van der Waals surface area contributed by atoms with Crippen molar-refractivity contribution in [2.24, 2.45) is 17.1 Å². The Kier molecular flexibility index (Phi) is 7.16. The summed E-state index contributed by atoms with van der Waals surface area (Å²) in [6, 6.07) is 0. The molecule has 1 atom stereocenters. The molecule has 0 radical (unpaired) electrons.